The van der Waals surface area contributed by atoms with Gasteiger partial charge in [-0.2, -0.15) is 0 Å². The van der Waals surface area contributed by atoms with E-state index < -0.39 is 9.84 Å². The summed E-state index contributed by atoms with van der Waals surface area (Å²) < 4.78 is 36.4. The summed E-state index contributed by atoms with van der Waals surface area (Å²) in [6, 6.07) is 11.1. The number of carbonyl (C=O) groups excluding carboxylic acids is 1. The maximum absolute atomic E-state index is 13.0. The van der Waals surface area contributed by atoms with E-state index in [1.165, 1.54) is 23.9 Å². The van der Waals surface area contributed by atoms with Gasteiger partial charge in [-0.05, 0) is 42.3 Å². The molecule has 2 heterocycles. The molecule has 0 saturated carbocycles. The Labute approximate surface area is 172 Å². The van der Waals surface area contributed by atoms with Crippen molar-refractivity contribution >= 4 is 38.4 Å². The Morgan fingerprint density at radius 2 is 1.97 bits per heavy atom. The van der Waals surface area contributed by atoms with E-state index in [1.54, 1.807) is 24.3 Å². The summed E-state index contributed by atoms with van der Waals surface area (Å²) in [6.45, 7) is 2.23. The van der Waals surface area contributed by atoms with Gasteiger partial charge in [0.15, 0.2) is 15.0 Å². The predicted octanol–water partition coefficient (Wildman–Crippen LogP) is 2.74. The summed E-state index contributed by atoms with van der Waals surface area (Å²) in [6.07, 6.45) is 0. The number of nitrogens with one attached hydrogen (secondary N) is 2. The first-order valence-electron chi connectivity index (χ1n) is 9.14. The smallest absolute Gasteiger partial charge is 0.251 e. The SMILES string of the molecule is Cc1ccc(C(=O)NCc2ccc(F)cc2)cc1NC1=N[C@H]2CS(=O)(=O)C[C@H]2S1. The van der Waals surface area contributed by atoms with Gasteiger partial charge < -0.3 is 10.6 Å². The molecule has 1 amide bonds. The lowest BCUT2D eigenvalue weighted by molar-refractivity contribution is 0.0951. The molecular formula is C20H20FN3O3S2. The van der Waals surface area contributed by atoms with Gasteiger partial charge in [-0.15, -0.1) is 0 Å². The summed E-state index contributed by atoms with van der Waals surface area (Å²) in [7, 11) is -2.99. The Hall–Kier alpha value is -2.39. The van der Waals surface area contributed by atoms with Crippen LogP contribution < -0.4 is 10.6 Å². The molecule has 6 nitrogen and oxygen atoms in total. The highest BCUT2D eigenvalue weighted by Crippen LogP contribution is 2.35. The molecule has 0 aliphatic carbocycles. The molecule has 0 bridgehead atoms. The Bertz CT molecular complexity index is 1080. The molecule has 152 valence electrons. The number of sulfone groups is 1. The van der Waals surface area contributed by atoms with E-state index in [0.29, 0.717) is 17.3 Å². The lowest BCUT2D eigenvalue weighted by Crippen LogP contribution is -2.23. The van der Waals surface area contributed by atoms with E-state index in [2.05, 4.69) is 15.6 Å². The molecule has 2 aliphatic rings. The summed E-state index contributed by atoms with van der Waals surface area (Å²) in [5.41, 5.74) is 3.01. The highest BCUT2D eigenvalue weighted by molar-refractivity contribution is 8.15. The second-order valence-corrected chi connectivity index (χ2v) is 10.6. The predicted molar refractivity (Wildman–Crippen MR) is 114 cm³/mol. The number of hydrogen-bond acceptors (Lipinski definition) is 6. The summed E-state index contributed by atoms with van der Waals surface area (Å²) in [5.74, 6) is -0.298. The van der Waals surface area contributed by atoms with Crippen molar-refractivity contribution in [3.8, 4) is 0 Å². The van der Waals surface area contributed by atoms with Crippen molar-refractivity contribution in [2.24, 2.45) is 4.99 Å². The third-order valence-corrected chi connectivity index (χ3v) is 8.07. The van der Waals surface area contributed by atoms with Crippen molar-refractivity contribution in [1.82, 2.24) is 5.32 Å². The first kappa shape index (κ1) is 19.9. The van der Waals surface area contributed by atoms with Gasteiger partial charge in [0.2, 0.25) is 0 Å². The van der Waals surface area contributed by atoms with Gasteiger partial charge in [-0.1, -0.05) is 30.0 Å². The molecule has 1 saturated heterocycles. The molecule has 4 rings (SSSR count). The van der Waals surface area contributed by atoms with Gasteiger partial charge in [0.25, 0.3) is 5.91 Å². The molecule has 2 N–H and O–H groups in total. The van der Waals surface area contributed by atoms with Crippen molar-refractivity contribution < 1.29 is 17.6 Å². The highest BCUT2D eigenvalue weighted by atomic mass is 32.2. The Morgan fingerprint density at radius 3 is 2.69 bits per heavy atom. The molecule has 0 spiro atoms. The molecule has 0 radical (unpaired) electrons. The van der Waals surface area contributed by atoms with Crippen LogP contribution in [0.1, 0.15) is 21.5 Å². The zero-order valence-corrected chi connectivity index (χ0v) is 17.3. The monoisotopic (exact) mass is 433 g/mol. The first-order valence-corrected chi connectivity index (χ1v) is 11.8. The van der Waals surface area contributed by atoms with Crippen LogP contribution in [0.3, 0.4) is 0 Å². The number of benzene rings is 2. The molecule has 2 aliphatic heterocycles. The second-order valence-electron chi connectivity index (χ2n) is 7.20. The zero-order valence-electron chi connectivity index (χ0n) is 15.7. The number of halogens is 1. The van der Waals surface area contributed by atoms with Crippen molar-refractivity contribution in [1.29, 1.82) is 0 Å². The number of aliphatic imine (C=N–C) groups is 1. The van der Waals surface area contributed by atoms with Gasteiger partial charge in [0.1, 0.15) is 5.82 Å². The van der Waals surface area contributed by atoms with Crippen LogP contribution in [0.4, 0.5) is 10.1 Å². The van der Waals surface area contributed by atoms with Gasteiger partial charge in [0.05, 0.1) is 17.5 Å². The highest BCUT2D eigenvalue weighted by Gasteiger charge is 2.42. The summed E-state index contributed by atoms with van der Waals surface area (Å²) in [5, 5.41) is 6.71. The van der Waals surface area contributed by atoms with Crippen molar-refractivity contribution in [3.63, 3.8) is 0 Å². The molecule has 1 fully saturated rings. The van der Waals surface area contributed by atoms with Gasteiger partial charge in [0, 0.05) is 23.0 Å². The second kappa shape index (κ2) is 7.79. The van der Waals surface area contributed by atoms with Crippen LogP contribution in [-0.4, -0.2) is 42.3 Å². The standard InChI is InChI=1S/C20H20FN3O3S2/c1-12-2-5-14(19(25)22-9-13-3-6-15(21)7-4-13)8-16(12)23-20-24-17-10-29(26,27)11-18(17)28-20/h2-8,17-18H,9-11H2,1H3,(H,22,25)(H,23,24)/t17-,18+/m0/s1. The number of anilines is 1. The Balaban J connectivity index is 1.42. The third kappa shape index (κ3) is 4.62. The van der Waals surface area contributed by atoms with Crippen LogP contribution in [-0.2, 0) is 16.4 Å². The van der Waals surface area contributed by atoms with Crippen molar-refractivity contribution in [3.05, 3.63) is 65.0 Å². The van der Waals surface area contributed by atoms with Crippen LogP contribution in [0.2, 0.25) is 0 Å². The maximum Gasteiger partial charge on any atom is 0.251 e. The molecular weight excluding hydrogens is 413 g/mol. The van der Waals surface area contributed by atoms with Gasteiger partial charge in [-0.25, -0.2) is 12.8 Å². The quantitative estimate of drug-likeness (QED) is 0.774. The average Bonchev–Trinajstić information content (AvgIpc) is 3.15. The Morgan fingerprint density at radius 1 is 1.21 bits per heavy atom. The van der Waals surface area contributed by atoms with Crippen LogP contribution in [0.15, 0.2) is 47.5 Å². The molecule has 2 aromatic rings. The number of carbonyl (C=O) groups is 1. The van der Waals surface area contributed by atoms with Crippen LogP contribution in [0, 0.1) is 12.7 Å². The largest absolute Gasteiger partial charge is 0.348 e. The van der Waals surface area contributed by atoms with E-state index in [9.17, 15) is 17.6 Å². The fourth-order valence-corrected chi connectivity index (χ4v) is 6.98. The van der Waals surface area contributed by atoms with Gasteiger partial charge >= 0.3 is 0 Å². The number of thioether (sulfide) groups is 1. The minimum absolute atomic E-state index is 0.0370. The number of hydrogen-bond donors (Lipinski definition) is 2. The fourth-order valence-electron chi connectivity index (χ4n) is 3.32. The van der Waals surface area contributed by atoms with Gasteiger partial charge in [-0.3, -0.25) is 9.79 Å². The third-order valence-electron chi connectivity index (χ3n) is 4.93. The molecule has 2 atom stereocenters. The topological polar surface area (TPSA) is 87.6 Å². The lowest BCUT2D eigenvalue weighted by atomic mass is 10.1. The first-order chi connectivity index (χ1) is 13.8. The average molecular weight is 434 g/mol. The lowest BCUT2D eigenvalue weighted by Gasteiger charge is -2.12. The van der Waals surface area contributed by atoms with E-state index in [4.69, 9.17) is 0 Å². The summed E-state index contributed by atoms with van der Waals surface area (Å²) in [4.78, 5) is 17.0. The van der Waals surface area contributed by atoms with Crippen molar-refractivity contribution in [2.75, 3.05) is 16.8 Å². The minimum atomic E-state index is -2.99. The number of rotatable bonds is 4. The normalized spacial score (nSPS) is 22.1. The van der Waals surface area contributed by atoms with E-state index in [0.717, 1.165) is 16.8 Å². The van der Waals surface area contributed by atoms with Crippen molar-refractivity contribution in [2.45, 2.75) is 24.8 Å². The maximum atomic E-state index is 13.0. The van der Waals surface area contributed by atoms with E-state index in [1.807, 2.05) is 13.0 Å². The number of aryl methyl sites for hydroxylation is 1. The minimum Gasteiger partial charge on any atom is -0.348 e. The number of fused-ring (bicyclic) bond motifs is 1. The van der Waals surface area contributed by atoms with Crippen LogP contribution in [0.5, 0.6) is 0 Å². The number of amidine groups is 1. The molecule has 9 heteroatoms. The summed E-state index contributed by atoms with van der Waals surface area (Å²) >= 11 is 1.44. The van der Waals surface area contributed by atoms with Crippen LogP contribution >= 0.6 is 11.8 Å². The van der Waals surface area contributed by atoms with E-state index >= 15 is 0 Å². The number of amides is 1. The molecule has 29 heavy (non-hydrogen) atoms. The van der Waals surface area contributed by atoms with E-state index in [-0.39, 0.29) is 34.5 Å². The molecule has 2 aromatic carbocycles. The van der Waals surface area contributed by atoms with Crippen LogP contribution in [0.25, 0.3) is 0 Å². The molecule has 0 unspecified atom stereocenters. The molecule has 0 aromatic heterocycles. The zero-order chi connectivity index (χ0) is 20.6. The fraction of sp³-hybridized carbons (Fsp3) is 0.300. The Kier molecular flexibility index (Phi) is 5.35. The number of nitrogens with zero attached hydrogens (tertiary/aromatic N) is 1.